The van der Waals surface area contributed by atoms with Crippen LogP contribution in [-0.2, 0) is 6.54 Å². The fourth-order valence-electron chi connectivity index (χ4n) is 2.21. The standard InChI is InChI=1S/C18H17ClN4O2S/c1-2-24-15-8-6-12(7-9-15)17-22-16(25-23-17)11-20-18(26)21-14-5-3-4-13(19)10-14/h3-10H,2,11H2,1H3,(H2,20,21,26). The van der Waals surface area contributed by atoms with Gasteiger partial charge in [-0.05, 0) is 61.6 Å². The molecule has 0 radical (unpaired) electrons. The Morgan fingerprint density at radius 3 is 2.77 bits per heavy atom. The number of hydrogen-bond acceptors (Lipinski definition) is 5. The summed E-state index contributed by atoms with van der Waals surface area (Å²) in [4.78, 5) is 4.36. The van der Waals surface area contributed by atoms with Crippen LogP contribution in [0.25, 0.3) is 11.4 Å². The minimum absolute atomic E-state index is 0.316. The average molecular weight is 389 g/mol. The van der Waals surface area contributed by atoms with E-state index in [4.69, 9.17) is 33.1 Å². The highest BCUT2D eigenvalue weighted by atomic mass is 35.5. The van der Waals surface area contributed by atoms with E-state index in [0.717, 1.165) is 17.0 Å². The number of halogens is 1. The lowest BCUT2D eigenvalue weighted by Gasteiger charge is -2.08. The number of thiocarbonyl (C=S) groups is 1. The lowest BCUT2D eigenvalue weighted by atomic mass is 10.2. The lowest BCUT2D eigenvalue weighted by molar-refractivity contribution is 0.340. The molecule has 1 aromatic heterocycles. The van der Waals surface area contributed by atoms with E-state index in [-0.39, 0.29) is 0 Å². The van der Waals surface area contributed by atoms with Crippen molar-refractivity contribution in [2.75, 3.05) is 11.9 Å². The van der Waals surface area contributed by atoms with Gasteiger partial charge in [0.05, 0.1) is 13.2 Å². The van der Waals surface area contributed by atoms with Crippen LogP contribution in [0.3, 0.4) is 0 Å². The number of rotatable bonds is 6. The van der Waals surface area contributed by atoms with E-state index in [1.54, 1.807) is 12.1 Å². The average Bonchev–Trinajstić information content (AvgIpc) is 3.10. The highest BCUT2D eigenvalue weighted by Gasteiger charge is 2.09. The molecule has 3 rings (SSSR count). The van der Waals surface area contributed by atoms with Crippen molar-refractivity contribution in [3.8, 4) is 17.1 Å². The quantitative estimate of drug-likeness (QED) is 0.610. The molecule has 0 unspecified atom stereocenters. The molecule has 1 heterocycles. The first-order chi connectivity index (χ1) is 12.6. The van der Waals surface area contributed by atoms with Crippen molar-refractivity contribution in [2.45, 2.75) is 13.5 Å². The molecule has 134 valence electrons. The van der Waals surface area contributed by atoms with E-state index in [0.29, 0.717) is 35.0 Å². The Bertz CT molecular complexity index is 883. The van der Waals surface area contributed by atoms with E-state index in [1.165, 1.54) is 0 Å². The molecule has 3 aromatic rings. The normalized spacial score (nSPS) is 10.4. The third-order valence-corrected chi connectivity index (χ3v) is 3.86. The molecule has 0 fully saturated rings. The Kier molecular flexibility index (Phi) is 6.04. The maximum absolute atomic E-state index is 5.94. The van der Waals surface area contributed by atoms with Gasteiger partial charge in [-0.3, -0.25) is 0 Å². The molecule has 0 aliphatic heterocycles. The molecule has 0 aliphatic carbocycles. The Hall–Kier alpha value is -2.64. The summed E-state index contributed by atoms with van der Waals surface area (Å²) < 4.78 is 10.7. The van der Waals surface area contributed by atoms with Crippen molar-refractivity contribution in [3.05, 3.63) is 59.4 Å². The van der Waals surface area contributed by atoms with Crippen LogP contribution in [0.1, 0.15) is 12.8 Å². The predicted octanol–water partition coefficient (Wildman–Crippen LogP) is 4.28. The highest BCUT2D eigenvalue weighted by molar-refractivity contribution is 7.80. The summed E-state index contributed by atoms with van der Waals surface area (Å²) in [6.45, 7) is 2.88. The minimum atomic E-state index is 0.316. The molecule has 0 amide bonds. The van der Waals surface area contributed by atoms with E-state index in [9.17, 15) is 0 Å². The van der Waals surface area contributed by atoms with Gasteiger partial charge in [-0.25, -0.2) is 0 Å². The third-order valence-electron chi connectivity index (χ3n) is 3.37. The third kappa shape index (κ3) is 4.93. The van der Waals surface area contributed by atoms with Crippen LogP contribution in [0.4, 0.5) is 5.69 Å². The number of benzene rings is 2. The van der Waals surface area contributed by atoms with Crippen molar-refractivity contribution in [3.63, 3.8) is 0 Å². The summed E-state index contributed by atoms with van der Waals surface area (Å²) in [7, 11) is 0. The molecular weight excluding hydrogens is 372 g/mol. The Balaban J connectivity index is 1.55. The molecule has 0 aliphatic rings. The Morgan fingerprint density at radius 1 is 1.23 bits per heavy atom. The van der Waals surface area contributed by atoms with Gasteiger partial charge in [0.2, 0.25) is 11.7 Å². The van der Waals surface area contributed by atoms with E-state index in [1.807, 2.05) is 43.3 Å². The van der Waals surface area contributed by atoms with Gasteiger partial charge in [-0.2, -0.15) is 4.98 Å². The van der Waals surface area contributed by atoms with Gasteiger partial charge in [-0.1, -0.05) is 22.8 Å². The van der Waals surface area contributed by atoms with Gasteiger partial charge in [0.1, 0.15) is 5.75 Å². The van der Waals surface area contributed by atoms with Crippen LogP contribution in [0.2, 0.25) is 5.02 Å². The number of aromatic nitrogens is 2. The fourth-order valence-corrected chi connectivity index (χ4v) is 2.59. The highest BCUT2D eigenvalue weighted by Crippen LogP contribution is 2.20. The van der Waals surface area contributed by atoms with Gasteiger partial charge in [0.25, 0.3) is 0 Å². The Labute approximate surface area is 161 Å². The topological polar surface area (TPSA) is 72.2 Å². The number of hydrogen-bond donors (Lipinski definition) is 2. The Morgan fingerprint density at radius 2 is 2.04 bits per heavy atom. The van der Waals surface area contributed by atoms with Crippen molar-refractivity contribution < 1.29 is 9.26 Å². The molecule has 0 saturated heterocycles. The molecule has 2 N–H and O–H groups in total. The number of ether oxygens (including phenoxy) is 1. The molecule has 6 nitrogen and oxygen atoms in total. The zero-order valence-electron chi connectivity index (χ0n) is 14.0. The smallest absolute Gasteiger partial charge is 0.246 e. The predicted molar refractivity (Wildman–Crippen MR) is 105 cm³/mol. The van der Waals surface area contributed by atoms with Crippen molar-refractivity contribution >= 4 is 34.6 Å². The molecule has 2 aromatic carbocycles. The van der Waals surface area contributed by atoms with Crippen molar-refractivity contribution in [1.29, 1.82) is 0 Å². The minimum Gasteiger partial charge on any atom is -0.494 e. The second-order valence-corrected chi connectivity index (χ2v) is 6.13. The van der Waals surface area contributed by atoms with Crippen LogP contribution in [0.5, 0.6) is 5.75 Å². The molecule has 26 heavy (non-hydrogen) atoms. The summed E-state index contributed by atoms with van der Waals surface area (Å²) in [5.41, 5.74) is 1.65. The van der Waals surface area contributed by atoms with Gasteiger partial charge < -0.3 is 19.9 Å². The first kappa shape index (κ1) is 18.2. The van der Waals surface area contributed by atoms with E-state index >= 15 is 0 Å². The summed E-state index contributed by atoms with van der Waals surface area (Å²) in [6, 6.07) is 14.8. The molecule has 0 atom stereocenters. The summed E-state index contributed by atoms with van der Waals surface area (Å²) >= 11 is 11.2. The van der Waals surface area contributed by atoms with Crippen LogP contribution in [0, 0.1) is 0 Å². The van der Waals surface area contributed by atoms with Gasteiger partial charge >= 0.3 is 0 Å². The first-order valence-corrected chi connectivity index (χ1v) is 8.79. The van der Waals surface area contributed by atoms with Crippen molar-refractivity contribution in [1.82, 2.24) is 15.5 Å². The SMILES string of the molecule is CCOc1ccc(-c2noc(CNC(=S)Nc3cccc(Cl)c3)n2)cc1. The monoisotopic (exact) mass is 388 g/mol. The van der Waals surface area contributed by atoms with Gasteiger partial charge in [-0.15, -0.1) is 0 Å². The first-order valence-electron chi connectivity index (χ1n) is 8.00. The fraction of sp³-hybridized carbons (Fsp3) is 0.167. The maximum atomic E-state index is 5.94. The maximum Gasteiger partial charge on any atom is 0.246 e. The molecule has 0 bridgehead atoms. The molecule has 0 saturated carbocycles. The largest absolute Gasteiger partial charge is 0.494 e. The van der Waals surface area contributed by atoms with Crippen LogP contribution in [0.15, 0.2) is 53.1 Å². The summed E-state index contributed by atoms with van der Waals surface area (Å²) in [5, 5.41) is 11.1. The van der Waals surface area contributed by atoms with Gasteiger partial charge in [0, 0.05) is 16.3 Å². The second kappa shape index (κ2) is 8.64. The number of anilines is 1. The lowest BCUT2D eigenvalue weighted by Crippen LogP contribution is -2.27. The van der Waals surface area contributed by atoms with Gasteiger partial charge in [0.15, 0.2) is 5.11 Å². The van der Waals surface area contributed by atoms with Crippen LogP contribution >= 0.6 is 23.8 Å². The summed E-state index contributed by atoms with van der Waals surface area (Å²) in [6.07, 6.45) is 0. The van der Waals surface area contributed by atoms with Crippen LogP contribution < -0.4 is 15.4 Å². The van der Waals surface area contributed by atoms with Crippen LogP contribution in [-0.4, -0.2) is 21.9 Å². The van der Waals surface area contributed by atoms with E-state index in [2.05, 4.69) is 20.8 Å². The van der Waals surface area contributed by atoms with Crippen molar-refractivity contribution in [2.24, 2.45) is 0 Å². The zero-order valence-corrected chi connectivity index (χ0v) is 15.6. The molecular formula is C18H17ClN4O2S. The number of nitrogens with zero attached hydrogens (tertiary/aromatic N) is 2. The van der Waals surface area contributed by atoms with E-state index < -0.39 is 0 Å². The molecule has 8 heteroatoms. The number of nitrogens with one attached hydrogen (secondary N) is 2. The molecule has 0 spiro atoms. The zero-order chi connectivity index (χ0) is 18.4. The second-order valence-electron chi connectivity index (χ2n) is 5.29. The summed E-state index contributed by atoms with van der Waals surface area (Å²) in [5.74, 6) is 1.75.